The maximum atomic E-state index is 13.1. The topological polar surface area (TPSA) is 60.9 Å². The summed E-state index contributed by atoms with van der Waals surface area (Å²) in [6, 6.07) is 23.6. The van der Waals surface area contributed by atoms with Gasteiger partial charge in [-0.3, -0.25) is 4.90 Å². The SMILES string of the molecule is CCOC(=O)C1=NN(c2ccc(Cl)cc2)[C@H](c2c[nH]c3ccccc23)N1c1ccc(C)cc1. The number of aromatic amines is 1. The van der Waals surface area contributed by atoms with Crippen LogP contribution in [0.2, 0.25) is 5.02 Å². The van der Waals surface area contributed by atoms with Gasteiger partial charge in [0.1, 0.15) is 0 Å². The molecule has 1 aliphatic rings. The van der Waals surface area contributed by atoms with Gasteiger partial charge in [-0.25, -0.2) is 9.80 Å². The number of nitrogens with zero attached hydrogens (tertiary/aromatic N) is 3. The summed E-state index contributed by atoms with van der Waals surface area (Å²) in [6.45, 7) is 4.08. The molecule has 33 heavy (non-hydrogen) atoms. The molecule has 1 atom stereocenters. The third kappa shape index (κ3) is 3.83. The van der Waals surface area contributed by atoms with Gasteiger partial charge in [0, 0.05) is 33.4 Å². The number of rotatable bonds is 5. The number of aryl methyl sites for hydroxylation is 1. The molecule has 0 fully saturated rings. The number of carbonyl (C=O) groups is 1. The number of H-pyrrole nitrogens is 1. The van der Waals surface area contributed by atoms with Gasteiger partial charge in [-0.1, -0.05) is 47.5 Å². The van der Waals surface area contributed by atoms with E-state index in [1.807, 2.05) is 89.8 Å². The van der Waals surface area contributed by atoms with Gasteiger partial charge in [-0.15, -0.1) is 5.10 Å². The highest BCUT2D eigenvalue weighted by Crippen LogP contribution is 2.41. The molecular weight excluding hydrogens is 436 g/mol. The second-order valence-corrected chi connectivity index (χ2v) is 8.27. The number of esters is 1. The van der Waals surface area contributed by atoms with Crippen molar-refractivity contribution in [3.63, 3.8) is 0 Å². The van der Waals surface area contributed by atoms with Crippen LogP contribution in [0.25, 0.3) is 10.9 Å². The van der Waals surface area contributed by atoms with E-state index in [1.54, 1.807) is 6.92 Å². The van der Waals surface area contributed by atoms with Gasteiger partial charge in [0.2, 0.25) is 5.84 Å². The van der Waals surface area contributed by atoms with Crippen LogP contribution in [0.5, 0.6) is 0 Å². The number of fused-ring (bicyclic) bond motifs is 1. The molecule has 7 heteroatoms. The van der Waals surface area contributed by atoms with Gasteiger partial charge < -0.3 is 9.72 Å². The number of anilines is 2. The summed E-state index contributed by atoms with van der Waals surface area (Å²) in [7, 11) is 0. The van der Waals surface area contributed by atoms with Crippen molar-refractivity contribution in [1.29, 1.82) is 0 Å². The predicted octanol–water partition coefficient (Wildman–Crippen LogP) is 6.03. The van der Waals surface area contributed by atoms with Crippen molar-refractivity contribution in [2.75, 3.05) is 16.5 Å². The Bertz CT molecular complexity index is 1330. The molecule has 4 aromatic rings. The van der Waals surface area contributed by atoms with E-state index in [1.165, 1.54) is 0 Å². The van der Waals surface area contributed by atoms with E-state index < -0.39 is 12.1 Å². The number of hydrogen-bond acceptors (Lipinski definition) is 5. The second kappa shape index (κ2) is 8.64. The van der Waals surface area contributed by atoms with E-state index in [2.05, 4.69) is 11.1 Å². The smallest absolute Gasteiger partial charge is 0.376 e. The molecule has 0 spiro atoms. The Labute approximate surface area is 197 Å². The summed E-state index contributed by atoms with van der Waals surface area (Å²) < 4.78 is 5.39. The highest BCUT2D eigenvalue weighted by Gasteiger charge is 2.42. The van der Waals surface area contributed by atoms with E-state index in [4.69, 9.17) is 21.4 Å². The molecule has 1 aromatic heterocycles. The molecule has 2 heterocycles. The molecule has 1 N–H and O–H groups in total. The maximum absolute atomic E-state index is 13.1. The van der Waals surface area contributed by atoms with E-state index in [-0.39, 0.29) is 12.4 Å². The largest absolute Gasteiger partial charge is 0.460 e. The summed E-state index contributed by atoms with van der Waals surface area (Å²) in [5, 5.41) is 8.31. The molecular formula is C26H23ClN4O2. The van der Waals surface area contributed by atoms with Crippen LogP contribution in [0.3, 0.4) is 0 Å². The van der Waals surface area contributed by atoms with Crippen LogP contribution >= 0.6 is 11.6 Å². The molecule has 5 rings (SSSR count). The fourth-order valence-electron chi connectivity index (χ4n) is 4.10. The van der Waals surface area contributed by atoms with Crippen LogP contribution in [0, 0.1) is 6.92 Å². The van der Waals surface area contributed by atoms with Crippen molar-refractivity contribution in [3.05, 3.63) is 95.1 Å². The average Bonchev–Trinajstić information content (AvgIpc) is 3.42. The van der Waals surface area contributed by atoms with Crippen molar-refractivity contribution in [1.82, 2.24) is 4.98 Å². The summed E-state index contributed by atoms with van der Waals surface area (Å²) in [6.07, 6.45) is 1.56. The number of carbonyl (C=O) groups excluding carboxylic acids is 1. The summed E-state index contributed by atoms with van der Waals surface area (Å²) >= 11 is 6.15. The molecule has 0 radical (unpaired) electrons. The van der Waals surface area contributed by atoms with E-state index in [0.717, 1.165) is 33.4 Å². The van der Waals surface area contributed by atoms with Crippen LogP contribution in [-0.4, -0.2) is 23.4 Å². The average molecular weight is 459 g/mol. The minimum atomic E-state index is -0.473. The number of amidine groups is 1. The normalized spacial score (nSPS) is 15.7. The lowest BCUT2D eigenvalue weighted by Crippen LogP contribution is -2.39. The lowest BCUT2D eigenvalue weighted by atomic mass is 10.1. The van der Waals surface area contributed by atoms with E-state index in [0.29, 0.717) is 5.02 Å². The Kier molecular flexibility index (Phi) is 5.52. The standard InChI is InChI=1S/C26H23ClN4O2/c1-3-33-26(32)24-29-31(20-14-10-18(27)11-15-20)25(30(24)19-12-8-17(2)9-13-19)22-16-28-23-7-5-4-6-21(22)23/h4-16,25,28H,3H2,1-2H3/t25-/m1/s1. The van der Waals surface area contributed by atoms with E-state index >= 15 is 0 Å². The van der Waals surface area contributed by atoms with Gasteiger partial charge in [-0.2, -0.15) is 0 Å². The van der Waals surface area contributed by atoms with Crippen LogP contribution in [-0.2, 0) is 9.53 Å². The minimum Gasteiger partial charge on any atom is -0.460 e. The van der Waals surface area contributed by atoms with E-state index in [9.17, 15) is 4.79 Å². The first-order valence-electron chi connectivity index (χ1n) is 10.8. The number of halogens is 1. The van der Waals surface area contributed by atoms with Crippen molar-refractivity contribution >= 4 is 45.7 Å². The third-order valence-electron chi connectivity index (χ3n) is 5.67. The Balaban J connectivity index is 1.73. The fraction of sp³-hybridized carbons (Fsp3) is 0.154. The zero-order valence-corrected chi connectivity index (χ0v) is 19.1. The van der Waals surface area contributed by atoms with Gasteiger partial charge in [-0.05, 0) is 56.3 Å². The lowest BCUT2D eigenvalue weighted by Gasteiger charge is -2.31. The highest BCUT2D eigenvalue weighted by molar-refractivity contribution is 6.42. The molecule has 0 unspecified atom stereocenters. The molecule has 1 aliphatic heterocycles. The predicted molar refractivity (Wildman–Crippen MR) is 133 cm³/mol. The Hall–Kier alpha value is -3.77. The minimum absolute atomic E-state index is 0.228. The van der Waals surface area contributed by atoms with Crippen LogP contribution < -0.4 is 9.91 Å². The van der Waals surface area contributed by atoms with Crippen molar-refractivity contribution in [2.24, 2.45) is 5.10 Å². The van der Waals surface area contributed by atoms with Crippen molar-refractivity contribution < 1.29 is 9.53 Å². The number of ether oxygens (including phenoxy) is 1. The first-order valence-corrected chi connectivity index (χ1v) is 11.2. The van der Waals surface area contributed by atoms with Crippen LogP contribution in [0.4, 0.5) is 11.4 Å². The fourth-order valence-corrected chi connectivity index (χ4v) is 4.23. The first-order chi connectivity index (χ1) is 16.1. The number of para-hydroxylation sites is 1. The molecule has 3 aromatic carbocycles. The van der Waals surface area contributed by atoms with Crippen LogP contribution in [0.15, 0.2) is 84.1 Å². The molecule has 0 aliphatic carbocycles. The number of benzene rings is 3. The quantitative estimate of drug-likeness (QED) is 0.371. The highest BCUT2D eigenvalue weighted by atomic mass is 35.5. The molecule has 0 saturated carbocycles. The maximum Gasteiger partial charge on any atom is 0.376 e. The second-order valence-electron chi connectivity index (χ2n) is 7.83. The first kappa shape index (κ1) is 21.1. The van der Waals surface area contributed by atoms with Gasteiger partial charge in [0.05, 0.1) is 12.3 Å². The monoisotopic (exact) mass is 458 g/mol. The van der Waals surface area contributed by atoms with Gasteiger partial charge in [0.25, 0.3) is 0 Å². The number of nitrogens with one attached hydrogen (secondary N) is 1. The van der Waals surface area contributed by atoms with Crippen LogP contribution in [0.1, 0.15) is 24.2 Å². The summed E-state index contributed by atoms with van der Waals surface area (Å²) in [4.78, 5) is 18.3. The Morgan fingerprint density at radius 1 is 1.03 bits per heavy atom. The third-order valence-corrected chi connectivity index (χ3v) is 5.92. The Morgan fingerprint density at radius 3 is 2.45 bits per heavy atom. The molecule has 0 saturated heterocycles. The van der Waals surface area contributed by atoms with Gasteiger partial charge in [0.15, 0.2) is 6.17 Å². The molecule has 0 bridgehead atoms. The summed E-state index contributed by atoms with van der Waals surface area (Å²) in [5.41, 5.74) is 4.79. The van der Waals surface area contributed by atoms with Gasteiger partial charge >= 0.3 is 5.97 Å². The molecule has 6 nitrogen and oxygen atoms in total. The van der Waals surface area contributed by atoms with Crippen molar-refractivity contribution in [2.45, 2.75) is 20.0 Å². The number of hydrazone groups is 1. The van der Waals surface area contributed by atoms with Crippen molar-refractivity contribution in [3.8, 4) is 0 Å². The zero-order valence-electron chi connectivity index (χ0n) is 18.3. The zero-order chi connectivity index (χ0) is 22.9. The number of hydrogen-bond donors (Lipinski definition) is 1. The summed E-state index contributed by atoms with van der Waals surface area (Å²) in [5.74, 6) is -0.245. The lowest BCUT2D eigenvalue weighted by molar-refractivity contribution is -0.135. The number of aromatic nitrogens is 1. The molecule has 0 amide bonds. The Morgan fingerprint density at radius 2 is 1.73 bits per heavy atom. The molecule has 166 valence electrons.